The molecule has 0 atom stereocenters. The van der Waals surface area contributed by atoms with Crippen LogP contribution in [-0.2, 0) is 6.54 Å². The molecular formula is C23H23NO2S. The molecule has 1 N–H and O–H groups in total. The van der Waals surface area contributed by atoms with Gasteiger partial charge in [-0.05, 0) is 48.9 Å². The van der Waals surface area contributed by atoms with E-state index >= 15 is 0 Å². The van der Waals surface area contributed by atoms with Gasteiger partial charge in [0.25, 0.3) is 5.91 Å². The van der Waals surface area contributed by atoms with E-state index in [-0.39, 0.29) is 5.91 Å². The summed E-state index contributed by atoms with van der Waals surface area (Å²) in [6.07, 6.45) is 0. The fourth-order valence-corrected chi connectivity index (χ4v) is 3.27. The summed E-state index contributed by atoms with van der Waals surface area (Å²) >= 11 is 1.77. The molecule has 0 aliphatic rings. The average molecular weight is 378 g/mol. The first-order valence-electron chi connectivity index (χ1n) is 8.95. The highest BCUT2D eigenvalue weighted by Gasteiger charge is 2.05. The van der Waals surface area contributed by atoms with Gasteiger partial charge in [-0.25, -0.2) is 0 Å². The van der Waals surface area contributed by atoms with Crippen LogP contribution in [0.5, 0.6) is 5.75 Å². The molecule has 0 fully saturated rings. The van der Waals surface area contributed by atoms with Crippen molar-refractivity contribution in [3.63, 3.8) is 0 Å². The molecule has 0 aromatic heterocycles. The van der Waals surface area contributed by atoms with Gasteiger partial charge in [-0.15, -0.1) is 11.8 Å². The molecule has 3 aromatic rings. The first-order valence-corrected chi connectivity index (χ1v) is 9.94. The van der Waals surface area contributed by atoms with Gasteiger partial charge >= 0.3 is 0 Å². The van der Waals surface area contributed by atoms with Gasteiger partial charge in [-0.1, -0.05) is 48.0 Å². The maximum Gasteiger partial charge on any atom is 0.251 e. The van der Waals surface area contributed by atoms with Gasteiger partial charge in [-0.2, -0.15) is 0 Å². The topological polar surface area (TPSA) is 38.3 Å². The summed E-state index contributed by atoms with van der Waals surface area (Å²) in [6, 6.07) is 25.6. The monoisotopic (exact) mass is 377 g/mol. The molecule has 3 rings (SSSR count). The second-order valence-electron chi connectivity index (χ2n) is 6.20. The number of nitrogens with one attached hydrogen (secondary N) is 1. The first kappa shape index (κ1) is 19.1. The van der Waals surface area contributed by atoms with Gasteiger partial charge in [0.1, 0.15) is 5.75 Å². The van der Waals surface area contributed by atoms with E-state index < -0.39 is 0 Å². The maximum absolute atomic E-state index is 12.2. The van der Waals surface area contributed by atoms with Crippen LogP contribution < -0.4 is 10.1 Å². The molecule has 27 heavy (non-hydrogen) atoms. The molecule has 3 nitrogen and oxygen atoms in total. The Bertz CT molecular complexity index is 846. The van der Waals surface area contributed by atoms with Crippen LogP contribution in [0.25, 0.3) is 0 Å². The van der Waals surface area contributed by atoms with E-state index in [0.29, 0.717) is 18.7 Å². The van der Waals surface area contributed by atoms with Crippen LogP contribution >= 0.6 is 11.8 Å². The van der Waals surface area contributed by atoms with E-state index in [1.807, 2.05) is 42.5 Å². The first-order chi connectivity index (χ1) is 13.2. The largest absolute Gasteiger partial charge is 0.493 e. The van der Waals surface area contributed by atoms with E-state index in [4.69, 9.17) is 4.74 Å². The Balaban J connectivity index is 1.41. The van der Waals surface area contributed by atoms with Crippen LogP contribution in [0.15, 0.2) is 83.8 Å². The Morgan fingerprint density at radius 3 is 2.33 bits per heavy atom. The summed E-state index contributed by atoms with van der Waals surface area (Å²) in [5.41, 5.74) is 2.98. The van der Waals surface area contributed by atoms with Crippen molar-refractivity contribution in [2.24, 2.45) is 0 Å². The minimum atomic E-state index is -0.0830. The lowest BCUT2D eigenvalue weighted by atomic mass is 10.2. The smallest absolute Gasteiger partial charge is 0.251 e. The highest BCUT2D eigenvalue weighted by molar-refractivity contribution is 7.99. The van der Waals surface area contributed by atoms with Crippen LogP contribution in [0.3, 0.4) is 0 Å². The number of amides is 1. The Labute approximate surface area is 164 Å². The molecular weight excluding hydrogens is 354 g/mol. The Morgan fingerprint density at radius 1 is 0.926 bits per heavy atom. The molecule has 138 valence electrons. The number of carbonyl (C=O) groups excluding carboxylic acids is 1. The lowest BCUT2D eigenvalue weighted by Gasteiger charge is -2.08. The number of thioether (sulfide) groups is 1. The quantitative estimate of drug-likeness (QED) is 0.439. The van der Waals surface area contributed by atoms with Crippen molar-refractivity contribution >= 4 is 17.7 Å². The number of hydrogen-bond acceptors (Lipinski definition) is 3. The van der Waals surface area contributed by atoms with Crippen molar-refractivity contribution in [1.29, 1.82) is 0 Å². The summed E-state index contributed by atoms with van der Waals surface area (Å²) in [5.74, 6) is 1.57. The van der Waals surface area contributed by atoms with Crippen LogP contribution in [0, 0.1) is 6.92 Å². The fourth-order valence-electron chi connectivity index (χ4n) is 2.54. The van der Waals surface area contributed by atoms with Crippen molar-refractivity contribution < 1.29 is 9.53 Å². The molecule has 0 radical (unpaired) electrons. The van der Waals surface area contributed by atoms with E-state index in [1.165, 1.54) is 10.5 Å². The van der Waals surface area contributed by atoms with Crippen LogP contribution in [-0.4, -0.2) is 18.3 Å². The fraction of sp³-hybridized carbons (Fsp3) is 0.174. The second kappa shape index (κ2) is 9.83. The molecule has 1 amide bonds. The molecule has 3 aromatic carbocycles. The Hall–Kier alpha value is -2.72. The zero-order valence-corrected chi connectivity index (χ0v) is 16.2. The van der Waals surface area contributed by atoms with E-state index in [0.717, 1.165) is 17.1 Å². The SMILES string of the molecule is Cc1ccc(SCCOc2ccc(C(=O)NCc3ccccc3)cc2)cc1. The van der Waals surface area contributed by atoms with Gasteiger partial charge < -0.3 is 10.1 Å². The third kappa shape index (κ3) is 6.19. The summed E-state index contributed by atoms with van der Waals surface area (Å²) in [7, 11) is 0. The van der Waals surface area contributed by atoms with E-state index in [9.17, 15) is 4.79 Å². The highest BCUT2D eigenvalue weighted by Crippen LogP contribution is 2.19. The molecule has 0 saturated carbocycles. The third-order valence-corrected chi connectivity index (χ3v) is 5.03. The van der Waals surface area contributed by atoms with Crippen molar-refractivity contribution in [2.75, 3.05) is 12.4 Å². The molecule has 0 aliphatic heterocycles. The number of rotatable bonds is 8. The molecule has 0 aliphatic carbocycles. The van der Waals surface area contributed by atoms with Gasteiger partial charge in [0.05, 0.1) is 6.61 Å². The summed E-state index contributed by atoms with van der Waals surface area (Å²) in [6.45, 7) is 3.23. The normalized spacial score (nSPS) is 10.4. The lowest BCUT2D eigenvalue weighted by Crippen LogP contribution is -2.22. The third-order valence-electron chi connectivity index (χ3n) is 4.05. The van der Waals surface area contributed by atoms with Gasteiger partial charge in [-0.3, -0.25) is 4.79 Å². The number of aryl methyl sites for hydroxylation is 1. The van der Waals surface area contributed by atoms with Gasteiger partial charge in [0.2, 0.25) is 0 Å². The predicted octanol–water partition coefficient (Wildman–Crippen LogP) is 5.10. The zero-order chi connectivity index (χ0) is 18.9. The zero-order valence-electron chi connectivity index (χ0n) is 15.4. The minimum Gasteiger partial charge on any atom is -0.493 e. The summed E-state index contributed by atoms with van der Waals surface area (Å²) in [5, 5.41) is 2.93. The van der Waals surface area contributed by atoms with Crippen LogP contribution in [0.4, 0.5) is 0 Å². The van der Waals surface area contributed by atoms with E-state index in [2.05, 4.69) is 36.5 Å². The molecule has 0 unspecified atom stereocenters. The minimum absolute atomic E-state index is 0.0830. The Morgan fingerprint density at radius 2 is 1.63 bits per heavy atom. The van der Waals surface area contributed by atoms with Gasteiger partial charge in [0.15, 0.2) is 0 Å². The van der Waals surface area contributed by atoms with Crippen molar-refractivity contribution in [3.8, 4) is 5.75 Å². The number of benzene rings is 3. The van der Waals surface area contributed by atoms with Gasteiger partial charge in [0, 0.05) is 22.8 Å². The van der Waals surface area contributed by atoms with E-state index in [1.54, 1.807) is 23.9 Å². The van der Waals surface area contributed by atoms with Crippen LogP contribution in [0.2, 0.25) is 0 Å². The summed E-state index contributed by atoms with van der Waals surface area (Å²) in [4.78, 5) is 13.5. The maximum atomic E-state index is 12.2. The van der Waals surface area contributed by atoms with Crippen molar-refractivity contribution in [2.45, 2.75) is 18.4 Å². The predicted molar refractivity (Wildman–Crippen MR) is 111 cm³/mol. The Kier molecular flexibility index (Phi) is 6.94. The molecule has 0 bridgehead atoms. The number of hydrogen-bond donors (Lipinski definition) is 1. The molecule has 0 saturated heterocycles. The second-order valence-corrected chi connectivity index (χ2v) is 7.37. The average Bonchev–Trinajstić information content (AvgIpc) is 2.72. The van der Waals surface area contributed by atoms with Crippen molar-refractivity contribution in [3.05, 3.63) is 95.6 Å². The molecule has 0 heterocycles. The lowest BCUT2D eigenvalue weighted by molar-refractivity contribution is 0.0951. The number of carbonyl (C=O) groups is 1. The van der Waals surface area contributed by atoms with Crippen LogP contribution in [0.1, 0.15) is 21.5 Å². The molecule has 0 spiro atoms. The standard InChI is InChI=1S/C23H23NO2S/c1-18-7-13-22(14-8-18)27-16-15-26-21-11-9-20(10-12-21)23(25)24-17-19-5-3-2-4-6-19/h2-14H,15-17H2,1H3,(H,24,25). The summed E-state index contributed by atoms with van der Waals surface area (Å²) < 4.78 is 5.76. The number of ether oxygens (including phenoxy) is 1. The molecule has 4 heteroatoms. The van der Waals surface area contributed by atoms with Crippen molar-refractivity contribution in [1.82, 2.24) is 5.32 Å². The highest BCUT2D eigenvalue weighted by atomic mass is 32.2.